The van der Waals surface area contributed by atoms with Gasteiger partial charge in [0.15, 0.2) is 0 Å². The van der Waals surface area contributed by atoms with Gasteiger partial charge in [-0.15, -0.1) is 0 Å². The van der Waals surface area contributed by atoms with Crippen molar-refractivity contribution in [2.24, 2.45) is 13.0 Å². The van der Waals surface area contributed by atoms with Gasteiger partial charge >= 0.3 is 0 Å². The summed E-state index contributed by atoms with van der Waals surface area (Å²) < 4.78 is 31.7. The second kappa shape index (κ2) is 6.69. The van der Waals surface area contributed by atoms with Crippen molar-refractivity contribution in [2.75, 3.05) is 33.2 Å². The number of fused-ring (bicyclic) bond motifs is 2. The minimum Gasteiger partial charge on any atom is -0.350 e. The average Bonchev–Trinajstić information content (AvgIpc) is 3.32. The van der Waals surface area contributed by atoms with Gasteiger partial charge in [0.1, 0.15) is 0 Å². The molecule has 3 heterocycles. The molecule has 6 nitrogen and oxygen atoms in total. The van der Waals surface area contributed by atoms with E-state index in [0.717, 1.165) is 25.8 Å². The van der Waals surface area contributed by atoms with Crippen LogP contribution < -0.4 is 4.72 Å². The van der Waals surface area contributed by atoms with Gasteiger partial charge in [-0.2, -0.15) is 12.7 Å². The maximum Gasteiger partial charge on any atom is 0.279 e. The lowest BCUT2D eigenvalue weighted by Gasteiger charge is -2.40. The fourth-order valence-electron chi connectivity index (χ4n) is 5.19. The Kier molecular flexibility index (Phi) is 4.39. The first-order chi connectivity index (χ1) is 13.4. The molecule has 1 N–H and O–H groups in total. The molecular formula is C21H28N4O2S. The zero-order chi connectivity index (χ0) is 19.5. The van der Waals surface area contributed by atoms with Gasteiger partial charge < -0.3 is 4.57 Å². The van der Waals surface area contributed by atoms with Crippen LogP contribution in [0.2, 0.25) is 0 Å². The predicted octanol–water partition coefficient (Wildman–Crippen LogP) is 1.98. The highest BCUT2D eigenvalue weighted by Crippen LogP contribution is 2.41. The number of aromatic nitrogens is 1. The van der Waals surface area contributed by atoms with E-state index in [1.807, 2.05) is 0 Å². The van der Waals surface area contributed by atoms with Crippen LogP contribution in [0.5, 0.6) is 0 Å². The Morgan fingerprint density at radius 1 is 1.18 bits per heavy atom. The normalized spacial score (nSPS) is 25.9. The number of nitrogens with one attached hydrogen (secondary N) is 1. The standard InChI is InChI=1S/C21H28N4O2S/c1-23-13-15(12-22-28(26,27)25-8-3-4-9-25)10-18-17-6-5-7-19-21(17)16(11-20(18)23)14-24(19)2/h5-7,10,14-15,20,22H,3-4,8-9,11-13H2,1-2H3/t15-,20+/m0/s1. The molecule has 0 unspecified atom stereocenters. The first kappa shape index (κ1) is 18.4. The summed E-state index contributed by atoms with van der Waals surface area (Å²) in [5.41, 5.74) is 5.34. The summed E-state index contributed by atoms with van der Waals surface area (Å²) in [6.45, 7) is 2.61. The number of hydrogen-bond donors (Lipinski definition) is 1. The van der Waals surface area contributed by atoms with Crippen LogP contribution >= 0.6 is 0 Å². The first-order valence-corrected chi connectivity index (χ1v) is 11.6. The van der Waals surface area contributed by atoms with Gasteiger partial charge in [-0.05, 0) is 49.1 Å². The van der Waals surface area contributed by atoms with Crippen molar-refractivity contribution in [3.05, 3.63) is 41.6 Å². The second-order valence-corrected chi connectivity index (χ2v) is 10.2. The molecule has 1 fully saturated rings. The Bertz CT molecular complexity index is 1050. The SMILES string of the molecule is CN1C[C@H](CNS(=O)(=O)N2CCCC2)C=C2c3cccc4c3c(cn4C)C[C@H]21. The summed E-state index contributed by atoms with van der Waals surface area (Å²) in [6, 6.07) is 6.89. The number of nitrogens with zero attached hydrogens (tertiary/aromatic N) is 3. The van der Waals surface area contributed by atoms with E-state index in [9.17, 15) is 8.42 Å². The molecule has 0 bridgehead atoms. The molecule has 1 saturated heterocycles. The lowest BCUT2D eigenvalue weighted by Crippen LogP contribution is -2.47. The highest BCUT2D eigenvalue weighted by Gasteiger charge is 2.34. The third kappa shape index (κ3) is 2.92. The Morgan fingerprint density at radius 3 is 2.75 bits per heavy atom. The van der Waals surface area contributed by atoms with Crippen molar-refractivity contribution in [3.8, 4) is 0 Å². The van der Waals surface area contributed by atoms with Crippen LogP contribution in [0.1, 0.15) is 24.0 Å². The van der Waals surface area contributed by atoms with E-state index in [0.29, 0.717) is 25.7 Å². The number of hydrogen-bond acceptors (Lipinski definition) is 3. The minimum absolute atomic E-state index is 0.175. The van der Waals surface area contributed by atoms with Gasteiger partial charge in [0, 0.05) is 62.3 Å². The maximum absolute atomic E-state index is 12.5. The van der Waals surface area contributed by atoms with Crippen LogP contribution in [0.25, 0.3) is 16.5 Å². The zero-order valence-electron chi connectivity index (χ0n) is 16.6. The Morgan fingerprint density at radius 2 is 1.96 bits per heavy atom. The third-order valence-corrected chi connectivity index (χ3v) is 8.16. The number of aryl methyl sites for hydroxylation is 1. The molecule has 0 spiro atoms. The van der Waals surface area contributed by atoms with Crippen molar-refractivity contribution in [2.45, 2.75) is 25.3 Å². The first-order valence-electron chi connectivity index (χ1n) is 10.2. The van der Waals surface area contributed by atoms with Crippen LogP contribution in [0.15, 0.2) is 30.5 Å². The van der Waals surface area contributed by atoms with Crippen molar-refractivity contribution >= 4 is 26.7 Å². The molecule has 2 aromatic rings. The lowest BCUT2D eigenvalue weighted by atomic mass is 9.80. The lowest BCUT2D eigenvalue weighted by molar-refractivity contribution is 0.245. The van der Waals surface area contributed by atoms with Crippen molar-refractivity contribution in [1.82, 2.24) is 18.5 Å². The zero-order valence-corrected chi connectivity index (χ0v) is 17.4. The predicted molar refractivity (Wildman–Crippen MR) is 112 cm³/mol. The summed E-state index contributed by atoms with van der Waals surface area (Å²) in [4.78, 5) is 2.39. The van der Waals surface area contributed by atoms with Crippen LogP contribution in [-0.2, 0) is 23.7 Å². The molecule has 1 aliphatic carbocycles. The Balaban J connectivity index is 1.45. The van der Waals surface area contributed by atoms with Crippen LogP contribution in [0.4, 0.5) is 0 Å². The van der Waals surface area contributed by atoms with Gasteiger partial charge in [-0.25, -0.2) is 4.72 Å². The van der Waals surface area contributed by atoms with E-state index < -0.39 is 10.2 Å². The molecule has 1 aromatic carbocycles. The maximum atomic E-state index is 12.5. The molecule has 7 heteroatoms. The van der Waals surface area contributed by atoms with Gasteiger partial charge in [-0.3, -0.25) is 4.90 Å². The van der Waals surface area contributed by atoms with Gasteiger partial charge in [0.2, 0.25) is 0 Å². The summed E-state index contributed by atoms with van der Waals surface area (Å²) >= 11 is 0. The minimum atomic E-state index is -3.36. The summed E-state index contributed by atoms with van der Waals surface area (Å²) in [7, 11) is 0.910. The molecule has 1 aromatic heterocycles. The fraction of sp³-hybridized carbons (Fsp3) is 0.524. The van der Waals surface area contributed by atoms with Crippen LogP contribution in [-0.4, -0.2) is 61.5 Å². The fourth-order valence-corrected chi connectivity index (χ4v) is 6.53. The highest BCUT2D eigenvalue weighted by molar-refractivity contribution is 7.87. The van der Waals surface area contributed by atoms with E-state index in [1.54, 1.807) is 4.31 Å². The van der Waals surface area contributed by atoms with Crippen LogP contribution in [0, 0.1) is 5.92 Å². The van der Waals surface area contributed by atoms with E-state index >= 15 is 0 Å². The molecule has 0 saturated carbocycles. The molecule has 3 aliphatic rings. The number of likely N-dealkylation sites (N-methyl/N-ethyl adjacent to an activating group) is 1. The van der Waals surface area contributed by atoms with Crippen molar-refractivity contribution in [3.63, 3.8) is 0 Å². The molecule has 150 valence electrons. The Hall–Kier alpha value is -1.67. The highest BCUT2D eigenvalue weighted by atomic mass is 32.2. The summed E-state index contributed by atoms with van der Waals surface area (Å²) in [6.07, 6.45) is 7.52. The second-order valence-electron chi connectivity index (χ2n) is 8.47. The van der Waals surface area contributed by atoms with Crippen LogP contribution in [0.3, 0.4) is 0 Å². The summed E-state index contributed by atoms with van der Waals surface area (Å²) in [5.74, 6) is 0.175. The molecule has 2 atom stereocenters. The van der Waals surface area contributed by atoms with Crippen molar-refractivity contribution in [1.29, 1.82) is 0 Å². The van der Waals surface area contributed by atoms with E-state index in [4.69, 9.17) is 0 Å². The van der Waals surface area contributed by atoms with E-state index in [-0.39, 0.29) is 5.92 Å². The molecule has 5 rings (SSSR count). The van der Waals surface area contributed by atoms with Gasteiger partial charge in [0.05, 0.1) is 0 Å². The van der Waals surface area contributed by atoms with Crippen molar-refractivity contribution < 1.29 is 8.42 Å². The molecular weight excluding hydrogens is 372 g/mol. The molecule has 28 heavy (non-hydrogen) atoms. The topological polar surface area (TPSA) is 57.6 Å². The van der Waals surface area contributed by atoms with E-state index in [1.165, 1.54) is 27.6 Å². The third-order valence-electron chi connectivity index (χ3n) is 6.58. The monoisotopic (exact) mass is 400 g/mol. The number of rotatable bonds is 4. The van der Waals surface area contributed by atoms with Gasteiger partial charge in [0.25, 0.3) is 10.2 Å². The molecule has 2 aliphatic heterocycles. The quantitative estimate of drug-likeness (QED) is 0.854. The Labute approximate surface area is 167 Å². The summed E-state index contributed by atoms with van der Waals surface area (Å²) in [5, 5.41) is 1.36. The van der Waals surface area contributed by atoms with E-state index in [2.05, 4.69) is 58.8 Å². The molecule has 0 amide bonds. The van der Waals surface area contributed by atoms with Gasteiger partial charge in [-0.1, -0.05) is 18.2 Å². The smallest absolute Gasteiger partial charge is 0.279 e. The largest absolute Gasteiger partial charge is 0.350 e. The number of benzene rings is 1. The average molecular weight is 401 g/mol. The molecule has 0 radical (unpaired) electrons.